The van der Waals surface area contributed by atoms with Gasteiger partial charge in [-0.2, -0.15) is 0 Å². The molecule has 0 aliphatic carbocycles. The maximum atomic E-state index is 12.5. The van der Waals surface area contributed by atoms with Crippen LogP contribution in [0.2, 0.25) is 0 Å². The Labute approximate surface area is 110 Å². The smallest absolute Gasteiger partial charge is 0.248 e. The van der Waals surface area contributed by atoms with E-state index in [9.17, 15) is 9.59 Å². The Bertz CT molecular complexity index is 339. The summed E-state index contributed by atoms with van der Waals surface area (Å²) in [6.45, 7) is 10.2. The molecule has 4 heteroatoms. The summed E-state index contributed by atoms with van der Waals surface area (Å²) in [6.07, 6.45) is 3.81. The highest BCUT2D eigenvalue weighted by molar-refractivity contribution is 6.01. The fraction of sp³-hybridized carbons (Fsp3) is 0.857. The van der Waals surface area contributed by atoms with Gasteiger partial charge in [0.05, 0.1) is 0 Å². The fourth-order valence-electron chi connectivity index (χ4n) is 2.38. The number of nitrogens with one attached hydrogen (secondary N) is 1. The summed E-state index contributed by atoms with van der Waals surface area (Å²) in [5.74, 6) is -0.00588. The molecular weight excluding hydrogens is 228 g/mol. The number of carbonyl (C=O) groups is 2. The zero-order chi connectivity index (χ0) is 14.0. The van der Waals surface area contributed by atoms with Gasteiger partial charge in [0.1, 0.15) is 11.1 Å². The Hall–Kier alpha value is -1.06. The van der Waals surface area contributed by atoms with Crippen LogP contribution in [-0.2, 0) is 9.59 Å². The van der Waals surface area contributed by atoms with Crippen molar-refractivity contribution in [1.82, 2.24) is 10.2 Å². The molecule has 0 aromatic heterocycles. The quantitative estimate of drug-likeness (QED) is 0.764. The molecule has 0 aromatic rings. The molecule has 1 N–H and O–H groups in total. The van der Waals surface area contributed by atoms with E-state index in [4.69, 9.17) is 0 Å². The van der Waals surface area contributed by atoms with Crippen LogP contribution in [0.3, 0.4) is 0 Å². The number of hydrogen-bond acceptors (Lipinski definition) is 2. The van der Waals surface area contributed by atoms with Gasteiger partial charge in [-0.1, -0.05) is 26.7 Å². The molecule has 1 rings (SSSR count). The Morgan fingerprint density at radius 2 is 1.72 bits per heavy atom. The van der Waals surface area contributed by atoms with Crippen LogP contribution >= 0.6 is 0 Å². The van der Waals surface area contributed by atoms with Crippen molar-refractivity contribution < 1.29 is 9.59 Å². The number of piperazine rings is 1. The van der Waals surface area contributed by atoms with Crippen molar-refractivity contribution in [3.63, 3.8) is 0 Å². The van der Waals surface area contributed by atoms with Gasteiger partial charge in [-0.3, -0.25) is 9.59 Å². The monoisotopic (exact) mass is 254 g/mol. The molecule has 1 unspecified atom stereocenters. The minimum Gasteiger partial charge on any atom is -0.340 e. The van der Waals surface area contributed by atoms with Crippen LogP contribution in [0.15, 0.2) is 0 Å². The normalized spacial score (nSPS) is 27.3. The summed E-state index contributed by atoms with van der Waals surface area (Å²) in [5.41, 5.74) is -1.47. The fourth-order valence-corrected chi connectivity index (χ4v) is 2.38. The first kappa shape index (κ1) is 15.0. The van der Waals surface area contributed by atoms with Gasteiger partial charge >= 0.3 is 0 Å². The molecule has 4 nitrogen and oxygen atoms in total. The van der Waals surface area contributed by atoms with E-state index in [2.05, 4.69) is 12.2 Å². The highest BCUT2D eigenvalue weighted by Crippen LogP contribution is 2.29. The van der Waals surface area contributed by atoms with Crippen molar-refractivity contribution >= 4 is 11.8 Å². The highest BCUT2D eigenvalue weighted by atomic mass is 16.2. The van der Waals surface area contributed by atoms with Crippen LogP contribution in [0.1, 0.15) is 60.3 Å². The van der Waals surface area contributed by atoms with Crippen molar-refractivity contribution in [2.75, 3.05) is 6.54 Å². The number of carbonyl (C=O) groups excluding carboxylic acids is 2. The van der Waals surface area contributed by atoms with Crippen molar-refractivity contribution in [2.24, 2.45) is 0 Å². The summed E-state index contributed by atoms with van der Waals surface area (Å²) in [7, 11) is 0. The van der Waals surface area contributed by atoms with Crippen molar-refractivity contribution in [2.45, 2.75) is 71.4 Å². The van der Waals surface area contributed by atoms with Gasteiger partial charge in [-0.25, -0.2) is 0 Å². The van der Waals surface area contributed by atoms with Gasteiger partial charge in [0.2, 0.25) is 11.8 Å². The van der Waals surface area contributed by atoms with E-state index in [0.717, 1.165) is 19.3 Å². The van der Waals surface area contributed by atoms with Crippen LogP contribution in [0.5, 0.6) is 0 Å². The molecule has 1 aliphatic rings. The molecule has 1 atom stereocenters. The van der Waals surface area contributed by atoms with Gasteiger partial charge in [-0.15, -0.1) is 0 Å². The zero-order valence-electron chi connectivity index (χ0n) is 12.3. The number of hydrogen-bond donors (Lipinski definition) is 1. The van der Waals surface area contributed by atoms with Gasteiger partial charge < -0.3 is 10.2 Å². The third-order valence-electron chi connectivity index (χ3n) is 3.96. The zero-order valence-corrected chi connectivity index (χ0v) is 12.3. The number of rotatable bonds is 5. The lowest BCUT2D eigenvalue weighted by Crippen LogP contribution is -2.73. The lowest BCUT2D eigenvalue weighted by atomic mass is 9.86. The molecule has 2 amide bonds. The standard InChI is InChI=1S/C14H26N2O2/c1-6-8-9-10-16-12(18)13(3,4)15-11(17)14(16,5)7-2/h6-10H2,1-5H3,(H,15,17). The molecule has 0 spiro atoms. The Morgan fingerprint density at radius 3 is 2.22 bits per heavy atom. The van der Waals surface area contributed by atoms with E-state index in [1.807, 2.05) is 13.8 Å². The van der Waals surface area contributed by atoms with E-state index in [1.54, 1.807) is 18.7 Å². The second-order valence-corrected chi connectivity index (χ2v) is 5.87. The molecule has 104 valence electrons. The van der Waals surface area contributed by atoms with E-state index in [0.29, 0.717) is 13.0 Å². The predicted octanol–water partition coefficient (Wildman–Crippen LogP) is 2.08. The summed E-state index contributed by atoms with van der Waals surface area (Å²) in [6, 6.07) is 0. The second-order valence-electron chi connectivity index (χ2n) is 5.87. The van der Waals surface area contributed by atoms with Crippen molar-refractivity contribution in [3.8, 4) is 0 Å². The van der Waals surface area contributed by atoms with Crippen LogP contribution in [0.4, 0.5) is 0 Å². The topological polar surface area (TPSA) is 49.4 Å². The Balaban J connectivity index is 2.95. The number of nitrogens with zero attached hydrogens (tertiary/aromatic N) is 1. The third kappa shape index (κ3) is 2.52. The molecule has 0 saturated carbocycles. The van der Waals surface area contributed by atoms with Crippen molar-refractivity contribution in [3.05, 3.63) is 0 Å². The molecule has 1 saturated heterocycles. The number of unbranched alkanes of at least 4 members (excludes halogenated alkanes) is 2. The van der Waals surface area contributed by atoms with Gasteiger partial charge in [-0.05, 0) is 33.6 Å². The molecule has 1 fully saturated rings. The highest BCUT2D eigenvalue weighted by Gasteiger charge is 2.51. The molecule has 0 bridgehead atoms. The van der Waals surface area contributed by atoms with E-state index < -0.39 is 11.1 Å². The molecule has 1 heterocycles. The molecule has 0 radical (unpaired) electrons. The van der Waals surface area contributed by atoms with Gasteiger partial charge in [0.15, 0.2) is 0 Å². The average Bonchev–Trinajstić information content (AvgIpc) is 2.31. The summed E-state index contributed by atoms with van der Waals surface area (Å²) in [4.78, 5) is 26.5. The van der Waals surface area contributed by atoms with Crippen LogP contribution in [-0.4, -0.2) is 34.3 Å². The maximum absolute atomic E-state index is 12.5. The number of amides is 2. The summed E-state index contributed by atoms with van der Waals surface area (Å²) >= 11 is 0. The Kier molecular flexibility index (Phi) is 4.41. The predicted molar refractivity (Wildman–Crippen MR) is 72.2 cm³/mol. The van der Waals surface area contributed by atoms with E-state index in [-0.39, 0.29) is 11.8 Å². The summed E-state index contributed by atoms with van der Waals surface area (Å²) < 4.78 is 0. The summed E-state index contributed by atoms with van der Waals surface area (Å²) in [5, 5.41) is 2.84. The average molecular weight is 254 g/mol. The lowest BCUT2D eigenvalue weighted by Gasteiger charge is -2.49. The molecular formula is C14H26N2O2. The SMILES string of the molecule is CCCCCN1C(=O)C(C)(C)NC(=O)C1(C)CC. The minimum atomic E-state index is -0.780. The largest absolute Gasteiger partial charge is 0.340 e. The molecule has 0 aromatic carbocycles. The lowest BCUT2D eigenvalue weighted by molar-refractivity contribution is -0.161. The first-order chi connectivity index (χ1) is 8.29. The first-order valence-corrected chi connectivity index (χ1v) is 6.94. The van der Waals surface area contributed by atoms with Crippen LogP contribution in [0.25, 0.3) is 0 Å². The second kappa shape index (κ2) is 5.29. The third-order valence-corrected chi connectivity index (χ3v) is 3.96. The van der Waals surface area contributed by atoms with Gasteiger partial charge in [0, 0.05) is 6.54 Å². The van der Waals surface area contributed by atoms with Crippen molar-refractivity contribution in [1.29, 1.82) is 0 Å². The maximum Gasteiger partial charge on any atom is 0.248 e. The first-order valence-electron chi connectivity index (χ1n) is 6.94. The van der Waals surface area contributed by atoms with Gasteiger partial charge in [0.25, 0.3) is 0 Å². The van der Waals surface area contributed by atoms with Crippen LogP contribution in [0, 0.1) is 0 Å². The molecule has 18 heavy (non-hydrogen) atoms. The molecule has 1 aliphatic heterocycles. The van der Waals surface area contributed by atoms with Crippen LogP contribution < -0.4 is 5.32 Å². The van der Waals surface area contributed by atoms with E-state index >= 15 is 0 Å². The van der Waals surface area contributed by atoms with E-state index in [1.165, 1.54) is 0 Å². The minimum absolute atomic E-state index is 0.0301. The Morgan fingerprint density at radius 1 is 1.11 bits per heavy atom.